The number of nitrogens with zero attached hydrogens (tertiary/aromatic N) is 2. The standard InChI is InChI=1S/C12H10BrF3N2O/c1-7(6-17)18(2)11(19)9-5-8(12(14,15)16)3-4-10(9)13/h3-5,7H,1-2H3. The molecule has 19 heavy (non-hydrogen) atoms. The summed E-state index contributed by atoms with van der Waals surface area (Å²) in [4.78, 5) is 13.1. The van der Waals surface area contributed by atoms with Crippen molar-refractivity contribution in [3.63, 3.8) is 0 Å². The minimum atomic E-state index is -4.52. The molecule has 0 aliphatic carbocycles. The van der Waals surface area contributed by atoms with Crippen molar-refractivity contribution < 1.29 is 18.0 Å². The summed E-state index contributed by atoms with van der Waals surface area (Å²) >= 11 is 3.04. The summed E-state index contributed by atoms with van der Waals surface area (Å²) in [5, 5.41) is 8.72. The molecule has 1 rings (SSSR count). The fourth-order valence-electron chi connectivity index (χ4n) is 1.32. The Morgan fingerprint density at radius 2 is 2.05 bits per heavy atom. The number of alkyl halides is 3. The van der Waals surface area contributed by atoms with Gasteiger partial charge in [-0.2, -0.15) is 18.4 Å². The average molecular weight is 335 g/mol. The van der Waals surface area contributed by atoms with Crippen LogP contribution in [0.4, 0.5) is 13.2 Å². The van der Waals surface area contributed by atoms with Gasteiger partial charge in [0.2, 0.25) is 0 Å². The molecule has 0 spiro atoms. The molecule has 0 aliphatic heterocycles. The normalized spacial score (nSPS) is 12.7. The van der Waals surface area contributed by atoms with E-state index in [4.69, 9.17) is 5.26 Å². The summed E-state index contributed by atoms with van der Waals surface area (Å²) in [5.41, 5.74) is -1.03. The van der Waals surface area contributed by atoms with Crippen molar-refractivity contribution in [2.75, 3.05) is 7.05 Å². The Hall–Kier alpha value is -1.55. The molecule has 102 valence electrons. The summed E-state index contributed by atoms with van der Waals surface area (Å²) in [7, 11) is 1.36. The molecule has 0 aliphatic rings. The second-order valence-corrected chi connectivity index (χ2v) is 4.77. The number of hydrogen-bond donors (Lipinski definition) is 0. The molecule has 1 aromatic rings. The molecule has 7 heteroatoms. The van der Waals surface area contributed by atoms with E-state index < -0.39 is 23.7 Å². The molecule has 0 N–H and O–H groups in total. The van der Waals surface area contributed by atoms with Crippen LogP contribution in [0.3, 0.4) is 0 Å². The number of halogens is 4. The van der Waals surface area contributed by atoms with Crippen LogP contribution < -0.4 is 0 Å². The minimum absolute atomic E-state index is 0.126. The van der Waals surface area contributed by atoms with Gasteiger partial charge in [0.05, 0.1) is 17.2 Å². The summed E-state index contributed by atoms with van der Waals surface area (Å²) in [6.45, 7) is 1.49. The molecule has 1 unspecified atom stereocenters. The lowest BCUT2D eigenvalue weighted by Crippen LogP contribution is -2.34. The van der Waals surface area contributed by atoms with Gasteiger partial charge < -0.3 is 4.90 Å². The number of rotatable bonds is 2. The van der Waals surface area contributed by atoms with Crippen LogP contribution in [0.15, 0.2) is 22.7 Å². The molecule has 3 nitrogen and oxygen atoms in total. The molecular formula is C12H10BrF3N2O. The maximum Gasteiger partial charge on any atom is 0.416 e. The molecule has 0 saturated carbocycles. The van der Waals surface area contributed by atoms with E-state index in [1.54, 1.807) is 0 Å². The number of nitriles is 1. The number of carbonyl (C=O) groups is 1. The maximum absolute atomic E-state index is 12.6. The Kier molecular flexibility index (Phi) is 4.58. The number of benzene rings is 1. The third-order valence-electron chi connectivity index (χ3n) is 2.61. The largest absolute Gasteiger partial charge is 0.416 e. The van der Waals surface area contributed by atoms with E-state index in [0.29, 0.717) is 0 Å². The molecule has 0 saturated heterocycles. The zero-order chi connectivity index (χ0) is 14.8. The van der Waals surface area contributed by atoms with Crippen molar-refractivity contribution in [1.29, 1.82) is 5.26 Å². The maximum atomic E-state index is 12.6. The average Bonchev–Trinajstić information content (AvgIpc) is 2.35. The van der Waals surface area contributed by atoms with E-state index >= 15 is 0 Å². The van der Waals surface area contributed by atoms with Crippen LogP contribution >= 0.6 is 15.9 Å². The minimum Gasteiger partial charge on any atom is -0.326 e. The first-order valence-corrected chi connectivity index (χ1v) is 6.01. The van der Waals surface area contributed by atoms with Gasteiger partial charge in [0.15, 0.2) is 0 Å². The lowest BCUT2D eigenvalue weighted by Gasteiger charge is -2.20. The van der Waals surface area contributed by atoms with Gasteiger partial charge >= 0.3 is 6.18 Å². The zero-order valence-electron chi connectivity index (χ0n) is 10.1. The highest BCUT2D eigenvalue weighted by molar-refractivity contribution is 9.10. The summed E-state index contributed by atoms with van der Waals surface area (Å²) < 4.78 is 38.0. The van der Waals surface area contributed by atoms with Crippen LogP contribution in [0.25, 0.3) is 0 Å². The number of hydrogen-bond acceptors (Lipinski definition) is 2. The monoisotopic (exact) mass is 334 g/mol. The van der Waals surface area contributed by atoms with Crippen LogP contribution in [-0.4, -0.2) is 23.9 Å². The van der Waals surface area contributed by atoms with Crippen LogP contribution in [-0.2, 0) is 6.18 Å². The zero-order valence-corrected chi connectivity index (χ0v) is 11.7. The first kappa shape index (κ1) is 15.5. The van der Waals surface area contributed by atoms with Crippen LogP contribution in [0.2, 0.25) is 0 Å². The highest BCUT2D eigenvalue weighted by atomic mass is 79.9. The van der Waals surface area contributed by atoms with Crippen LogP contribution in [0.1, 0.15) is 22.8 Å². The van der Waals surface area contributed by atoms with Crippen molar-refractivity contribution >= 4 is 21.8 Å². The second kappa shape index (κ2) is 5.61. The van der Waals surface area contributed by atoms with Gasteiger partial charge in [-0.3, -0.25) is 4.79 Å². The Labute approximate surface area is 116 Å². The molecule has 0 fully saturated rings. The predicted molar refractivity (Wildman–Crippen MR) is 66.3 cm³/mol. The molecule has 0 radical (unpaired) electrons. The van der Waals surface area contributed by atoms with Crippen molar-refractivity contribution in [2.45, 2.75) is 19.1 Å². The number of amides is 1. The Morgan fingerprint density at radius 3 is 2.53 bits per heavy atom. The van der Waals surface area contributed by atoms with Crippen molar-refractivity contribution in [3.8, 4) is 6.07 Å². The molecule has 1 aromatic carbocycles. The van der Waals surface area contributed by atoms with E-state index in [-0.39, 0.29) is 10.0 Å². The van der Waals surface area contributed by atoms with Gasteiger partial charge in [-0.25, -0.2) is 0 Å². The fraction of sp³-hybridized carbons (Fsp3) is 0.333. The lowest BCUT2D eigenvalue weighted by atomic mass is 10.1. The summed E-state index contributed by atoms with van der Waals surface area (Å²) in [6.07, 6.45) is -4.52. The van der Waals surface area contributed by atoms with Crippen molar-refractivity contribution in [1.82, 2.24) is 4.90 Å². The third kappa shape index (κ3) is 3.47. The van der Waals surface area contributed by atoms with Crippen molar-refractivity contribution in [3.05, 3.63) is 33.8 Å². The van der Waals surface area contributed by atoms with Gasteiger partial charge in [0, 0.05) is 11.5 Å². The summed E-state index contributed by atoms with van der Waals surface area (Å²) in [5.74, 6) is -0.646. The first-order valence-electron chi connectivity index (χ1n) is 5.22. The van der Waals surface area contributed by atoms with E-state index in [0.717, 1.165) is 17.0 Å². The lowest BCUT2D eigenvalue weighted by molar-refractivity contribution is -0.137. The molecule has 0 heterocycles. The van der Waals surface area contributed by atoms with Crippen LogP contribution in [0.5, 0.6) is 0 Å². The topological polar surface area (TPSA) is 44.1 Å². The van der Waals surface area contributed by atoms with E-state index in [2.05, 4.69) is 15.9 Å². The SMILES string of the molecule is CC(C#N)N(C)C(=O)c1cc(C(F)(F)F)ccc1Br. The Morgan fingerprint density at radius 1 is 1.47 bits per heavy atom. The Balaban J connectivity index is 3.21. The highest BCUT2D eigenvalue weighted by Crippen LogP contribution is 2.32. The molecule has 1 amide bonds. The van der Waals surface area contributed by atoms with E-state index in [9.17, 15) is 18.0 Å². The van der Waals surface area contributed by atoms with Gasteiger partial charge in [-0.1, -0.05) is 0 Å². The fourth-order valence-corrected chi connectivity index (χ4v) is 1.73. The quantitative estimate of drug-likeness (QED) is 0.831. The van der Waals surface area contributed by atoms with Gasteiger partial charge in [0.1, 0.15) is 6.04 Å². The molecule has 1 atom stereocenters. The van der Waals surface area contributed by atoms with Crippen LogP contribution in [0, 0.1) is 11.3 Å². The summed E-state index contributed by atoms with van der Waals surface area (Å²) in [6, 6.07) is 3.94. The second-order valence-electron chi connectivity index (χ2n) is 3.91. The van der Waals surface area contributed by atoms with E-state index in [1.165, 1.54) is 20.0 Å². The van der Waals surface area contributed by atoms with Gasteiger partial charge in [0.25, 0.3) is 5.91 Å². The van der Waals surface area contributed by atoms with Crippen molar-refractivity contribution in [2.24, 2.45) is 0 Å². The smallest absolute Gasteiger partial charge is 0.326 e. The number of carbonyl (C=O) groups excluding carboxylic acids is 1. The van der Waals surface area contributed by atoms with E-state index in [1.807, 2.05) is 6.07 Å². The molecule has 0 aromatic heterocycles. The predicted octanol–water partition coefficient (Wildman–Crippen LogP) is 3.45. The third-order valence-corrected chi connectivity index (χ3v) is 3.30. The highest BCUT2D eigenvalue weighted by Gasteiger charge is 2.32. The van der Waals surface area contributed by atoms with Gasteiger partial charge in [-0.15, -0.1) is 0 Å². The Bertz CT molecular complexity index is 537. The first-order chi connectivity index (χ1) is 8.68. The molecule has 0 bridgehead atoms. The molecular weight excluding hydrogens is 325 g/mol. The van der Waals surface area contributed by atoms with Gasteiger partial charge in [-0.05, 0) is 41.1 Å².